The van der Waals surface area contributed by atoms with E-state index in [1.165, 1.54) is 7.11 Å². The molecule has 0 bridgehead atoms. The maximum atomic E-state index is 11.6. The van der Waals surface area contributed by atoms with Gasteiger partial charge in [0.25, 0.3) is 0 Å². The molecule has 0 saturated heterocycles. The van der Waals surface area contributed by atoms with Gasteiger partial charge in [0.1, 0.15) is 0 Å². The van der Waals surface area contributed by atoms with E-state index >= 15 is 0 Å². The summed E-state index contributed by atoms with van der Waals surface area (Å²) in [4.78, 5) is 13.8. The predicted octanol–water partition coefficient (Wildman–Crippen LogP) is 2.93. The fourth-order valence-electron chi connectivity index (χ4n) is 2.15. The molecule has 1 rings (SSSR count). The summed E-state index contributed by atoms with van der Waals surface area (Å²) in [5.41, 5.74) is 7.64. The molecule has 1 atom stereocenters. The van der Waals surface area contributed by atoms with Gasteiger partial charge in [-0.2, -0.15) is 0 Å². The highest BCUT2D eigenvalue weighted by molar-refractivity contribution is 5.96. The largest absolute Gasteiger partial charge is 0.465 e. The van der Waals surface area contributed by atoms with Crippen LogP contribution in [-0.2, 0) is 4.74 Å². The molecule has 0 fully saturated rings. The van der Waals surface area contributed by atoms with Crippen molar-refractivity contribution in [3.05, 3.63) is 23.8 Å². The minimum atomic E-state index is -0.399. The molecular weight excluding hydrogens is 240 g/mol. The van der Waals surface area contributed by atoms with Crippen molar-refractivity contribution in [1.29, 1.82) is 0 Å². The van der Waals surface area contributed by atoms with Crippen molar-refractivity contribution in [3.63, 3.8) is 0 Å². The normalized spacial score (nSPS) is 12.3. The van der Waals surface area contributed by atoms with Gasteiger partial charge in [-0.3, -0.25) is 0 Å². The molecule has 2 N–H and O–H groups in total. The minimum absolute atomic E-state index is 0.397. The highest BCUT2D eigenvalue weighted by Crippen LogP contribution is 2.24. The standard InChI is InChI=1S/C15H24N2O2/c1-10(2)8-11(3)17(4)12-6-7-14(16)13(9-12)15(18)19-5/h6-7,9-11H,8,16H2,1-5H3. The zero-order valence-corrected chi connectivity index (χ0v) is 12.4. The Morgan fingerprint density at radius 3 is 2.53 bits per heavy atom. The monoisotopic (exact) mass is 264 g/mol. The smallest absolute Gasteiger partial charge is 0.340 e. The molecule has 19 heavy (non-hydrogen) atoms. The zero-order chi connectivity index (χ0) is 14.6. The van der Waals surface area contributed by atoms with Gasteiger partial charge in [0.15, 0.2) is 0 Å². The lowest BCUT2D eigenvalue weighted by Crippen LogP contribution is -2.30. The van der Waals surface area contributed by atoms with Crippen LogP contribution in [0.3, 0.4) is 0 Å². The number of methoxy groups -OCH3 is 1. The summed E-state index contributed by atoms with van der Waals surface area (Å²) in [6, 6.07) is 5.87. The number of benzene rings is 1. The minimum Gasteiger partial charge on any atom is -0.465 e. The number of nitrogens with two attached hydrogens (primary N) is 1. The van der Waals surface area contributed by atoms with Crippen LogP contribution in [0.15, 0.2) is 18.2 Å². The third-order valence-electron chi connectivity index (χ3n) is 3.32. The van der Waals surface area contributed by atoms with Gasteiger partial charge >= 0.3 is 5.97 Å². The molecule has 0 aromatic heterocycles. The van der Waals surface area contributed by atoms with Crippen LogP contribution in [-0.4, -0.2) is 26.2 Å². The van der Waals surface area contributed by atoms with Gasteiger partial charge in [-0.25, -0.2) is 4.79 Å². The first kappa shape index (κ1) is 15.3. The number of ether oxygens (including phenoxy) is 1. The average molecular weight is 264 g/mol. The van der Waals surface area contributed by atoms with Crippen LogP contribution < -0.4 is 10.6 Å². The Morgan fingerprint density at radius 1 is 1.37 bits per heavy atom. The summed E-state index contributed by atoms with van der Waals surface area (Å²) in [6.45, 7) is 6.58. The van der Waals surface area contributed by atoms with Crippen LogP contribution in [0.5, 0.6) is 0 Å². The molecule has 1 unspecified atom stereocenters. The molecule has 1 aromatic carbocycles. The molecule has 106 valence electrons. The van der Waals surface area contributed by atoms with E-state index in [-0.39, 0.29) is 0 Å². The summed E-state index contributed by atoms with van der Waals surface area (Å²) in [6.07, 6.45) is 1.09. The summed E-state index contributed by atoms with van der Waals surface area (Å²) in [7, 11) is 3.39. The van der Waals surface area contributed by atoms with Gasteiger partial charge in [-0.15, -0.1) is 0 Å². The first-order valence-corrected chi connectivity index (χ1v) is 6.57. The van der Waals surface area contributed by atoms with Crippen molar-refractivity contribution in [2.75, 3.05) is 24.8 Å². The average Bonchev–Trinajstić information content (AvgIpc) is 2.36. The van der Waals surface area contributed by atoms with Crippen LogP contribution in [0.25, 0.3) is 0 Å². The number of hydrogen-bond donors (Lipinski definition) is 1. The Kier molecular flexibility index (Phi) is 5.21. The van der Waals surface area contributed by atoms with E-state index in [2.05, 4.69) is 25.7 Å². The van der Waals surface area contributed by atoms with E-state index < -0.39 is 5.97 Å². The Morgan fingerprint density at radius 2 is 2.00 bits per heavy atom. The second kappa shape index (κ2) is 6.45. The number of carbonyl (C=O) groups is 1. The highest BCUT2D eigenvalue weighted by Gasteiger charge is 2.16. The lowest BCUT2D eigenvalue weighted by molar-refractivity contribution is 0.0602. The van der Waals surface area contributed by atoms with Crippen molar-refractivity contribution in [2.24, 2.45) is 5.92 Å². The summed E-state index contributed by atoms with van der Waals surface area (Å²) < 4.78 is 4.74. The van der Waals surface area contributed by atoms with Crippen molar-refractivity contribution in [3.8, 4) is 0 Å². The first-order valence-electron chi connectivity index (χ1n) is 6.57. The summed E-state index contributed by atoms with van der Waals surface area (Å²) >= 11 is 0. The topological polar surface area (TPSA) is 55.6 Å². The second-order valence-corrected chi connectivity index (χ2v) is 5.35. The number of carbonyl (C=O) groups excluding carboxylic acids is 1. The molecule has 0 amide bonds. The SMILES string of the molecule is COC(=O)c1cc(N(C)C(C)CC(C)C)ccc1N. The molecule has 4 nitrogen and oxygen atoms in total. The maximum absolute atomic E-state index is 11.6. The number of nitrogen functional groups attached to an aromatic ring is 1. The summed E-state index contributed by atoms with van der Waals surface area (Å²) in [5, 5.41) is 0. The number of nitrogens with zero attached hydrogens (tertiary/aromatic N) is 1. The van der Waals surface area contributed by atoms with E-state index in [1.807, 2.05) is 13.1 Å². The molecule has 0 radical (unpaired) electrons. The van der Waals surface area contributed by atoms with E-state index in [9.17, 15) is 4.79 Å². The van der Waals surface area contributed by atoms with E-state index in [4.69, 9.17) is 10.5 Å². The molecule has 0 aliphatic carbocycles. The Balaban J connectivity index is 2.98. The molecule has 0 heterocycles. The van der Waals surface area contributed by atoms with Gasteiger partial charge in [0.05, 0.1) is 12.7 Å². The van der Waals surface area contributed by atoms with Crippen molar-refractivity contribution in [2.45, 2.75) is 33.2 Å². The van der Waals surface area contributed by atoms with Crippen molar-refractivity contribution >= 4 is 17.3 Å². The van der Waals surface area contributed by atoms with Crippen molar-refractivity contribution in [1.82, 2.24) is 0 Å². The molecule has 4 heteroatoms. The number of anilines is 2. The molecule has 0 aliphatic rings. The fraction of sp³-hybridized carbons (Fsp3) is 0.533. The molecule has 0 spiro atoms. The summed E-state index contributed by atoms with van der Waals surface area (Å²) in [5.74, 6) is 0.232. The fourth-order valence-corrected chi connectivity index (χ4v) is 2.15. The van der Waals surface area contributed by atoms with E-state index in [0.717, 1.165) is 12.1 Å². The van der Waals surface area contributed by atoms with Gasteiger partial charge < -0.3 is 15.4 Å². The van der Waals surface area contributed by atoms with E-state index in [0.29, 0.717) is 23.2 Å². The number of rotatable bonds is 5. The van der Waals surface area contributed by atoms with Crippen LogP contribution in [0, 0.1) is 5.92 Å². The van der Waals surface area contributed by atoms with Gasteiger partial charge in [0.2, 0.25) is 0 Å². The van der Waals surface area contributed by atoms with Crippen molar-refractivity contribution < 1.29 is 9.53 Å². The number of hydrogen-bond acceptors (Lipinski definition) is 4. The maximum Gasteiger partial charge on any atom is 0.340 e. The highest BCUT2D eigenvalue weighted by atomic mass is 16.5. The molecular formula is C15H24N2O2. The molecule has 0 aliphatic heterocycles. The van der Waals surface area contributed by atoms with E-state index in [1.54, 1.807) is 12.1 Å². The predicted molar refractivity (Wildman–Crippen MR) is 79.5 cm³/mol. The van der Waals surface area contributed by atoms with Gasteiger partial charge in [0, 0.05) is 24.5 Å². The van der Waals surface area contributed by atoms with Gasteiger partial charge in [-0.05, 0) is 37.5 Å². The lowest BCUT2D eigenvalue weighted by atomic mass is 10.0. The van der Waals surface area contributed by atoms with Crippen LogP contribution >= 0.6 is 0 Å². The lowest BCUT2D eigenvalue weighted by Gasteiger charge is -2.28. The van der Waals surface area contributed by atoms with Gasteiger partial charge in [-0.1, -0.05) is 13.8 Å². The second-order valence-electron chi connectivity index (χ2n) is 5.35. The Labute approximate surface area is 115 Å². The quantitative estimate of drug-likeness (QED) is 0.656. The third kappa shape index (κ3) is 3.88. The Bertz CT molecular complexity index is 444. The first-order chi connectivity index (χ1) is 8.86. The zero-order valence-electron chi connectivity index (χ0n) is 12.4. The Hall–Kier alpha value is -1.71. The van der Waals surface area contributed by atoms with Crippen LogP contribution in [0.1, 0.15) is 37.6 Å². The third-order valence-corrected chi connectivity index (χ3v) is 3.32. The number of esters is 1. The molecule has 0 saturated carbocycles. The molecule has 1 aromatic rings. The van der Waals surface area contributed by atoms with Crippen LogP contribution in [0.4, 0.5) is 11.4 Å². The van der Waals surface area contributed by atoms with Crippen LogP contribution in [0.2, 0.25) is 0 Å².